The number of aryl methyl sites for hydroxylation is 1. The molecule has 108 valence electrons. The molecule has 1 aromatic rings. The van der Waals surface area contributed by atoms with E-state index in [1.165, 1.54) is 24.1 Å². The van der Waals surface area contributed by atoms with Gasteiger partial charge in [0.15, 0.2) is 0 Å². The summed E-state index contributed by atoms with van der Waals surface area (Å²) in [6.07, 6.45) is 2.32. The first kappa shape index (κ1) is 16.2. The van der Waals surface area contributed by atoms with Crippen LogP contribution in [0.1, 0.15) is 51.3 Å². The average Bonchev–Trinajstić information content (AvgIpc) is 2.43. The van der Waals surface area contributed by atoms with E-state index < -0.39 is 0 Å². The highest BCUT2D eigenvalue weighted by atomic mass is 15.2. The van der Waals surface area contributed by atoms with E-state index in [0.29, 0.717) is 12.1 Å². The molecule has 0 spiro atoms. The lowest BCUT2D eigenvalue weighted by molar-refractivity contribution is 0.200. The molecule has 1 rings (SSSR count). The van der Waals surface area contributed by atoms with Gasteiger partial charge in [-0.3, -0.25) is 4.90 Å². The van der Waals surface area contributed by atoms with E-state index in [-0.39, 0.29) is 0 Å². The Morgan fingerprint density at radius 2 is 1.74 bits per heavy atom. The van der Waals surface area contributed by atoms with Gasteiger partial charge in [0, 0.05) is 18.6 Å². The maximum Gasteiger partial charge on any atom is 0.0446 e. The highest BCUT2D eigenvalue weighted by Crippen LogP contribution is 2.17. The number of benzene rings is 1. The molecule has 1 aromatic carbocycles. The predicted molar refractivity (Wildman–Crippen MR) is 84.6 cm³/mol. The normalized spacial score (nSPS) is 13.2. The zero-order chi connectivity index (χ0) is 14.3. The minimum atomic E-state index is 0.417. The van der Waals surface area contributed by atoms with Crippen LogP contribution in [-0.4, -0.2) is 31.1 Å². The summed E-state index contributed by atoms with van der Waals surface area (Å²) in [7, 11) is 2.06. The van der Waals surface area contributed by atoms with Crippen molar-refractivity contribution in [3.8, 4) is 0 Å². The summed E-state index contributed by atoms with van der Waals surface area (Å²) in [4.78, 5) is 2.55. The third-order valence-corrected chi connectivity index (χ3v) is 3.80. The summed E-state index contributed by atoms with van der Waals surface area (Å²) in [5.41, 5.74) is 2.80. The molecule has 0 amide bonds. The van der Waals surface area contributed by atoms with Crippen molar-refractivity contribution in [3.63, 3.8) is 0 Å². The number of rotatable bonds is 8. The molecule has 0 fully saturated rings. The molecule has 0 aliphatic carbocycles. The Bertz CT molecular complexity index is 343. The standard InChI is InChI=1S/C17H30N2/c1-6-12-19(14(3)4)13-17(18-5)16-10-8-15(7-2)9-11-16/h8-11,14,17-18H,6-7,12-13H2,1-5H3. The predicted octanol–water partition coefficient (Wildman–Crippen LogP) is 3.63. The maximum atomic E-state index is 3.46. The van der Waals surface area contributed by atoms with Gasteiger partial charge >= 0.3 is 0 Å². The van der Waals surface area contributed by atoms with Gasteiger partial charge in [-0.15, -0.1) is 0 Å². The molecular weight excluding hydrogens is 232 g/mol. The summed E-state index contributed by atoms with van der Waals surface area (Å²) in [6, 6.07) is 10.1. The molecule has 0 aromatic heterocycles. The van der Waals surface area contributed by atoms with Gasteiger partial charge in [-0.2, -0.15) is 0 Å². The molecule has 0 aliphatic rings. The molecule has 1 unspecified atom stereocenters. The number of hydrogen-bond acceptors (Lipinski definition) is 2. The van der Waals surface area contributed by atoms with Gasteiger partial charge in [0.1, 0.15) is 0 Å². The molecule has 1 N–H and O–H groups in total. The molecule has 19 heavy (non-hydrogen) atoms. The Morgan fingerprint density at radius 3 is 2.16 bits per heavy atom. The van der Waals surface area contributed by atoms with Crippen molar-refractivity contribution in [3.05, 3.63) is 35.4 Å². The number of nitrogens with one attached hydrogen (secondary N) is 1. The second-order valence-corrected chi connectivity index (χ2v) is 5.53. The van der Waals surface area contributed by atoms with Gasteiger partial charge in [0.25, 0.3) is 0 Å². The van der Waals surface area contributed by atoms with Crippen LogP contribution < -0.4 is 5.32 Å². The molecule has 0 aliphatic heterocycles. The van der Waals surface area contributed by atoms with Crippen molar-refractivity contribution < 1.29 is 0 Å². The number of hydrogen-bond donors (Lipinski definition) is 1. The van der Waals surface area contributed by atoms with Crippen molar-refractivity contribution in [2.24, 2.45) is 0 Å². The fourth-order valence-corrected chi connectivity index (χ4v) is 2.43. The van der Waals surface area contributed by atoms with E-state index in [1.807, 2.05) is 0 Å². The van der Waals surface area contributed by atoms with Crippen molar-refractivity contribution >= 4 is 0 Å². The Kier molecular flexibility index (Phi) is 7.11. The van der Waals surface area contributed by atoms with E-state index in [4.69, 9.17) is 0 Å². The zero-order valence-corrected chi connectivity index (χ0v) is 13.2. The van der Waals surface area contributed by atoms with E-state index in [1.54, 1.807) is 0 Å². The van der Waals surface area contributed by atoms with Crippen LogP contribution in [0.5, 0.6) is 0 Å². The van der Waals surface area contributed by atoms with Gasteiger partial charge in [0.2, 0.25) is 0 Å². The Morgan fingerprint density at radius 1 is 1.11 bits per heavy atom. The molecule has 0 radical (unpaired) electrons. The van der Waals surface area contributed by atoms with Gasteiger partial charge in [-0.25, -0.2) is 0 Å². The van der Waals surface area contributed by atoms with Crippen molar-refractivity contribution in [1.29, 1.82) is 0 Å². The summed E-state index contributed by atoms with van der Waals surface area (Å²) in [5.74, 6) is 0. The van der Waals surface area contributed by atoms with Gasteiger partial charge in [-0.05, 0) is 51.4 Å². The average molecular weight is 262 g/mol. The Balaban J connectivity index is 2.74. The third kappa shape index (κ3) is 4.96. The van der Waals surface area contributed by atoms with E-state index in [0.717, 1.165) is 13.0 Å². The van der Waals surface area contributed by atoms with Gasteiger partial charge in [-0.1, -0.05) is 38.1 Å². The Labute approximate surface area is 119 Å². The second-order valence-electron chi connectivity index (χ2n) is 5.53. The van der Waals surface area contributed by atoms with E-state index in [9.17, 15) is 0 Å². The SMILES string of the molecule is CCCN(CC(NC)c1ccc(CC)cc1)C(C)C. The molecule has 0 heterocycles. The molecule has 0 bridgehead atoms. The van der Waals surface area contributed by atoms with Gasteiger partial charge in [0.05, 0.1) is 0 Å². The monoisotopic (exact) mass is 262 g/mol. The highest BCUT2D eigenvalue weighted by molar-refractivity contribution is 5.25. The lowest BCUT2D eigenvalue weighted by Gasteiger charge is -2.30. The van der Waals surface area contributed by atoms with Crippen LogP contribution in [0.25, 0.3) is 0 Å². The van der Waals surface area contributed by atoms with Gasteiger partial charge < -0.3 is 5.32 Å². The summed E-state index contributed by atoms with van der Waals surface area (Å²) >= 11 is 0. The van der Waals surface area contributed by atoms with Crippen LogP contribution >= 0.6 is 0 Å². The molecule has 2 heteroatoms. The van der Waals surface area contributed by atoms with E-state index in [2.05, 4.69) is 69.2 Å². The third-order valence-electron chi connectivity index (χ3n) is 3.80. The molecule has 2 nitrogen and oxygen atoms in total. The van der Waals surface area contributed by atoms with Crippen LogP contribution in [0.15, 0.2) is 24.3 Å². The number of likely N-dealkylation sites (N-methyl/N-ethyl adjacent to an activating group) is 1. The molecule has 0 saturated heterocycles. The maximum absolute atomic E-state index is 3.46. The highest BCUT2D eigenvalue weighted by Gasteiger charge is 2.16. The second kappa shape index (κ2) is 8.34. The smallest absolute Gasteiger partial charge is 0.0446 e. The largest absolute Gasteiger partial charge is 0.312 e. The fraction of sp³-hybridized carbons (Fsp3) is 0.647. The first-order chi connectivity index (χ1) is 9.12. The minimum Gasteiger partial charge on any atom is -0.312 e. The first-order valence-corrected chi connectivity index (χ1v) is 7.62. The first-order valence-electron chi connectivity index (χ1n) is 7.62. The summed E-state index contributed by atoms with van der Waals surface area (Å²) in [6.45, 7) is 11.3. The topological polar surface area (TPSA) is 15.3 Å². The number of nitrogens with zero attached hydrogens (tertiary/aromatic N) is 1. The summed E-state index contributed by atoms with van der Waals surface area (Å²) in [5, 5.41) is 3.46. The lowest BCUT2D eigenvalue weighted by Crippen LogP contribution is -2.38. The minimum absolute atomic E-state index is 0.417. The van der Waals surface area contributed by atoms with Crippen LogP contribution in [-0.2, 0) is 6.42 Å². The molecule has 1 atom stereocenters. The van der Waals surface area contributed by atoms with Crippen LogP contribution in [0.2, 0.25) is 0 Å². The molecular formula is C17H30N2. The van der Waals surface area contributed by atoms with E-state index >= 15 is 0 Å². The molecule has 0 saturated carbocycles. The fourth-order valence-electron chi connectivity index (χ4n) is 2.43. The van der Waals surface area contributed by atoms with Crippen LogP contribution in [0, 0.1) is 0 Å². The lowest BCUT2D eigenvalue weighted by atomic mass is 10.0. The Hall–Kier alpha value is -0.860. The summed E-state index contributed by atoms with van der Waals surface area (Å²) < 4.78 is 0. The van der Waals surface area contributed by atoms with Crippen LogP contribution in [0.4, 0.5) is 0 Å². The van der Waals surface area contributed by atoms with Crippen LogP contribution in [0.3, 0.4) is 0 Å². The van der Waals surface area contributed by atoms with Crippen molar-refractivity contribution in [2.75, 3.05) is 20.1 Å². The quantitative estimate of drug-likeness (QED) is 0.769. The van der Waals surface area contributed by atoms with Crippen molar-refractivity contribution in [2.45, 2.75) is 52.6 Å². The zero-order valence-electron chi connectivity index (χ0n) is 13.2. The van der Waals surface area contributed by atoms with Crippen molar-refractivity contribution in [1.82, 2.24) is 10.2 Å².